The molecule has 26 heavy (non-hydrogen) atoms. The first kappa shape index (κ1) is 17.6. The molecule has 2 fully saturated rings. The summed E-state index contributed by atoms with van der Waals surface area (Å²) in [6, 6.07) is 2.37. The topological polar surface area (TPSA) is 44.1 Å². The van der Waals surface area contributed by atoms with Crippen molar-refractivity contribution in [1.29, 1.82) is 5.26 Å². The predicted octanol–water partition coefficient (Wildman–Crippen LogP) is 4.78. The van der Waals surface area contributed by atoms with Crippen LogP contribution in [0.15, 0.2) is 36.0 Å². The number of nitrogens with zero attached hydrogens (tertiary/aromatic N) is 2. The zero-order valence-corrected chi connectivity index (χ0v) is 16.1. The molecule has 0 spiro atoms. The number of piperidine rings is 1. The number of hydrogen-bond donors (Lipinski definition) is 0. The van der Waals surface area contributed by atoms with Gasteiger partial charge in [0.1, 0.15) is 0 Å². The van der Waals surface area contributed by atoms with Gasteiger partial charge in [-0.25, -0.2) is 0 Å². The monoisotopic (exact) mass is 350 g/mol. The van der Waals surface area contributed by atoms with E-state index in [1.54, 1.807) is 0 Å². The van der Waals surface area contributed by atoms with Gasteiger partial charge >= 0.3 is 0 Å². The van der Waals surface area contributed by atoms with E-state index >= 15 is 0 Å². The van der Waals surface area contributed by atoms with Gasteiger partial charge in [0.05, 0.1) is 6.07 Å². The van der Waals surface area contributed by atoms with E-state index in [-0.39, 0.29) is 11.0 Å². The van der Waals surface area contributed by atoms with Crippen LogP contribution in [-0.2, 0) is 4.79 Å². The number of fused-ring (bicyclic) bond motifs is 5. The van der Waals surface area contributed by atoms with Gasteiger partial charge in [0.25, 0.3) is 0 Å². The van der Waals surface area contributed by atoms with Gasteiger partial charge < -0.3 is 4.90 Å². The third-order valence-corrected chi connectivity index (χ3v) is 8.17. The summed E-state index contributed by atoms with van der Waals surface area (Å²) in [4.78, 5) is 14.7. The fourth-order valence-corrected chi connectivity index (χ4v) is 6.71. The third-order valence-electron chi connectivity index (χ3n) is 8.17. The quantitative estimate of drug-likeness (QED) is 0.673. The van der Waals surface area contributed by atoms with E-state index in [0.717, 1.165) is 37.7 Å². The van der Waals surface area contributed by atoms with Crippen LogP contribution in [0.2, 0.25) is 0 Å². The predicted molar refractivity (Wildman–Crippen MR) is 103 cm³/mol. The minimum atomic E-state index is -0.0191. The first-order valence-electron chi connectivity index (χ1n) is 10.2. The Labute approximate surface area is 157 Å². The highest BCUT2D eigenvalue weighted by atomic mass is 16.2. The van der Waals surface area contributed by atoms with Gasteiger partial charge in [-0.2, -0.15) is 5.26 Å². The Bertz CT molecular complexity index is 742. The fourth-order valence-electron chi connectivity index (χ4n) is 6.71. The van der Waals surface area contributed by atoms with E-state index in [2.05, 4.69) is 43.5 Å². The molecule has 138 valence electrons. The number of carbonyl (C=O) groups is 1. The highest BCUT2D eigenvalue weighted by Crippen LogP contribution is 2.61. The average molecular weight is 351 g/mol. The Morgan fingerprint density at radius 3 is 2.85 bits per heavy atom. The van der Waals surface area contributed by atoms with E-state index in [1.165, 1.54) is 12.0 Å². The van der Waals surface area contributed by atoms with E-state index in [9.17, 15) is 10.1 Å². The molecule has 0 aromatic heterocycles. The first-order valence-corrected chi connectivity index (χ1v) is 10.2. The van der Waals surface area contributed by atoms with Crippen molar-refractivity contribution in [3.63, 3.8) is 0 Å². The van der Waals surface area contributed by atoms with Gasteiger partial charge in [0, 0.05) is 24.1 Å². The third kappa shape index (κ3) is 2.34. The van der Waals surface area contributed by atoms with Crippen molar-refractivity contribution in [3.05, 3.63) is 36.0 Å². The first-order chi connectivity index (χ1) is 12.4. The zero-order chi connectivity index (χ0) is 18.5. The van der Waals surface area contributed by atoms with Crippen LogP contribution in [0.25, 0.3) is 0 Å². The smallest absolute Gasteiger partial charge is 0.223 e. The molecule has 0 bridgehead atoms. The van der Waals surface area contributed by atoms with Crippen LogP contribution in [-0.4, -0.2) is 22.9 Å². The molecule has 0 radical (unpaired) electrons. The second kappa shape index (κ2) is 6.12. The van der Waals surface area contributed by atoms with Crippen molar-refractivity contribution in [1.82, 2.24) is 4.90 Å². The van der Waals surface area contributed by atoms with Crippen LogP contribution in [0.5, 0.6) is 0 Å². The van der Waals surface area contributed by atoms with E-state index in [4.69, 9.17) is 0 Å². The van der Waals surface area contributed by atoms with Gasteiger partial charge in [-0.05, 0) is 80.3 Å². The summed E-state index contributed by atoms with van der Waals surface area (Å²) in [5, 5.41) is 9.30. The van der Waals surface area contributed by atoms with Crippen LogP contribution in [0.3, 0.4) is 0 Å². The lowest BCUT2D eigenvalue weighted by atomic mass is 9.48. The van der Waals surface area contributed by atoms with Gasteiger partial charge in [-0.3, -0.25) is 4.79 Å². The van der Waals surface area contributed by atoms with E-state index < -0.39 is 0 Å². The van der Waals surface area contributed by atoms with Crippen molar-refractivity contribution in [2.24, 2.45) is 23.2 Å². The molecule has 4 rings (SSSR count). The van der Waals surface area contributed by atoms with Crippen LogP contribution < -0.4 is 0 Å². The molecule has 0 aromatic carbocycles. The van der Waals surface area contributed by atoms with Crippen LogP contribution >= 0.6 is 0 Å². The average Bonchev–Trinajstić information content (AvgIpc) is 2.63. The molecule has 5 atom stereocenters. The van der Waals surface area contributed by atoms with Crippen molar-refractivity contribution in [2.45, 2.75) is 64.3 Å². The maximum Gasteiger partial charge on any atom is 0.223 e. The Balaban J connectivity index is 1.69. The van der Waals surface area contributed by atoms with Crippen molar-refractivity contribution < 1.29 is 4.79 Å². The van der Waals surface area contributed by atoms with Crippen molar-refractivity contribution in [2.75, 3.05) is 6.54 Å². The van der Waals surface area contributed by atoms with Gasteiger partial charge in [-0.1, -0.05) is 19.1 Å². The summed E-state index contributed by atoms with van der Waals surface area (Å²) in [7, 11) is 0. The summed E-state index contributed by atoms with van der Waals surface area (Å²) in [5.74, 6) is 2.21. The molecule has 3 nitrogen and oxygen atoms in total. The Hall–Kier alpha value is -1.82. The lowest BCUT2D eigenvalue weighted by Gasteiger charge is -2.61. The molecule has 1 heterocycles. The Morgan fingerprint density at radius 2 is 2.12 bits per heavy atom. The van der Waals surface area contributed by atoms with Crippen LogP contribution in [0, 0.1) is 34.5 Å². The second-order valence-electron chi connectivity index (χ2n) is 9.20. The molecular formula is C23H30N2O. The van der Waals surface area contributed by atoms with E-state index in [0.29, 0.717) is 36.6 Å². The summed E-state index contributed by atoms with van der Waals surface area (Å²) in [6.07, 6.45) is 13.6. The number of hydrogen-bond acceptors (Lipinski definition) is 2. The summed E-state index contributed by atoms with van der Waals surface area (Å²) < 4.78 is 0. The fraction of sp³-hybridized carbons (Fsp3) is 0.652. The molecule has 3 aliphatic carbocycles. The number of amides is 1. The lowest BCUT2D eigenvalue weighted by molar-refractivity contribution is -0.155. The molecular weight excluding hydrogens is 320 g/mol. The summed E-state index contributed by atoms with van der Waals surface area (Å²) in [5.41, 5.74) is 2.53. The normalized spacial score (nSPS) is 41.8. The van der Waals surface area contributed by atoms with Gasteiger partial charge in [-0.15, -0.1) is 6.58 Å². The molecule has 1 saturated carbocycles. The zero-order valence-electron chi connectivity index (χ0n) is 16.1. The highest BCUT2D eigenvalue weighted by Gasteiger charge is 2.57. The molecule has 0 aromatic rings. The maximum atomic E-state index is 12.6. The summed E-state index contributed by atoms with van der Waals surface area (Å²) >= 11 is 0. The van der Waals surface area contributed by atoms with Gasteiger partial charge in [0.15, 0.2) is 0 Å². The van der Waals surface area contributed by atoms with Crippen LogP contribution in [0.4, 0.5) is 0 Å². The standard InChI is InChI=1S/C23H30N2O/c1-4-13-25-21(26)8-7-20-18-6-5-17-14-16(15-24)9-11-22(17,2)19(18)10-12-23(20,25)3/h4-5,14,18-20H,1,6-13H2,2-3H3/t18-,19+,20+,22+,23+/m1/s1. The van der Waals surface area contributed by atoms with Gasteiger partial charge in [0.2, 0.25) is 5.91 Å². The molecule has 0 N–H and O–H groups in total. The minimum absolute atomic E-state index is 0.0191. The van der Waals surface area contributed by atoms with Crippen LogP contribution in [0.1, 0.15) is 58.8 Å². The van der Waals surface area contributed by atoms with E-state index in [1.807, 2.05) is 6.08 Å². The molecule has 1 aliphatic heterocycles. The van der Waals surface area contributed by atoms with Crippen molar-refractivity contribution >= 4 is 5.91 Å². The minimum Gasteiger partial charge on any atom is -0.333 e. The maximum absolute atomic E-state index is 12.6. The number of nitriles is 1. The number of rotatable bonds is 2. The Morgan fingerprint density at radius 1 is 1.31 bits per heavy atom. The lowest BCUT2D eigenvalue weighted by Crippen LogP contribution is -2.63. The largest absolute Gasteiger partial charge is 0.333 e. The SMILES string of the molecule is C=CCN1C(=O)CC[C@H]2[C@@H]3CC=C4C=C(C#N)CC[C@]4(C)[C@H]3CC[C@@]21C. The second-order valence-corrected chi connectivity index (χ2v) is 9.20. The molecule has 1 amide bonds. The molecule has 3 heteroatoms. The molecule has 4 aliphatic rings. The summed E-state index contributed by atoms with van der Waals surface area (Å²) in [6.45, 7) is 9.31. The van der Waals surface area contributed by atoms with Crippen molar-refractivity contribution in [3.8, 4) is 6.07 Å². The Kier molecular flexibility index (Phi) is 4.14. The number of likely N-dealkylation sites (tertiary alicyclic amines) is 1. The number of carbonyl (C=O) groups excluding carboxylic acids is 1. The number of allylic oxidation sites excluding steroid dienone is 4. The molecule has 0 unspecified atom stereocenters. The highest BCUT2D eigenvalue weighted by molar-refractivity contribution is 5.78. The molecule has 1 saturated heterocycles.